The van der Waals surface area contributed by atoms with E-state index in [2.05, 4.69) is 17.6 Å². The number of benzene rings is 1. The van der Waals surface area contributed by atoms with Gasteiger partial charge >= 0.3 is 0 Å². The highest BCUT2D eigenvalue weighted by Gasteiger charge is 2.18. The summed E-state index contributed by atoms with van der Waals surface area (Å²) in [7, 11) is -3.30. The predicted molar refractivity (Wildman–Crippen MR) is 76.9 cm³/mol. The summed E-state index contributed by atoms with van der Waals surface area (Å²) < 4.78 is 24.3. The van der Waals surface area contributed by atoms with Crippen LogP contribution in [0.1, 0.15) is 15.6 Å². The summed E-state index contributed by atoms with van der Waals surface area (Å²) in [6.45, 7) is 1.88. The third-order valence-corrected chi connectivity index (χ3v) is 6.01. The largest absolute Gasteiger partial charge is 0.245 e. The molecule has 0 saturated carbocycles. The molecular weight excluding hydrogens is 286 g/mol. The minimum absolute atomic E-state index is 0.0453. The molecule has 0 bridgehead atoms. The van der Waals surface area contributed by atoms with Gasteiger partial charge in [0.05, 0.1) is 10.6 Å². The highest BCUT2D eigenvalue weighted by molar-refractivity contribution is 7.90. The van der Waals surface area contributed by atoms with Gasteiger partial charge in [-0.3, -0.25) is 0 Å². The van der Waals surface area contributed by atoms with Crippen molar-refractivity contribution in [1.82, 2.24) is 4.98 Å². The number of aromatic nitrogens is 1. The van der Waals surface area contributed by atoms with Gasteiger partial charge in [-0.1, -0.05) is 18.2 Å². The molecule has 0 spiro atoms. The van der Waals surface area contributed by atoms with E-state index in [1.54, 1.807) is 30.3 Å². The van der Waals surface area contributed by atoms with Crippen LogP contribution in [0.3, 0.4) is 0 Å². The van der Waals surface area contributed by atoms with Gasteiger partial charge in [-0.15, -0.1) is 11.3 Å². The highest BCUT2D eigenvalue weighted by atomic mass is 32.2. The monoisotopic (exact) mass is 299 g/mol. The normalized spacial score (nSPS) is 11.7. The Labute approximate surface area is 116 Å². The molecule has 6 heteroatoms. The van der Waals surface area contributed by atoms with Crippen LogP contribution in [0.4, 0.5) is 0 Å². The molecule has 0 saturated heterocycles. The number of rotatable bonds is 4. The summed E-state index contributed by atoms with van der Waals surface area (Å²) in [5.41, 5.74) is 0.869. The average molecular weight is 299 g/mol. The summed E-state index contributed by atoms with van der Waals surface area (Å²) >= 11 is 5.61. The molecule has 1 heterocycles. The lowest BCUT2D eigenvalue weighted by molar-refractivity contribution is 0.595. The van der Waals surface area contributed by atoms with Crippen molar-refractivity contribution in [2.75, 3.05) is 0 Å². The zero-order chi connectivity index (χ0) is 13.2. The van der Waals surface area contributed by atoms with Gasteiger partial charge in [0.25, 0.3) is 0 Å². The summed E-state index contributed by atoms with van der Waals surface area (Å²) in [6, 6.07) is 8.45. The molecular formula is C12H13NO2S3. The zero-order valence-corrected chi connectivity index (χ0v) is 12.4. The third-order valence-electron chi connectivity index (χ3n) is 2.50. The quantitative estimate of drug-likeness (QED) is 0.883. The first-order chi connectivity index (χ1) is 8.53. The predicted octanol–water partition coefficient (Wildman–Crippen LogP) is 2.86. The highest BCUT2D eigenvalue weighted by Crippen LogP contribution is 2.23. The smallest absolute Gasteiger partial charge is 0.184 e. The van der Waals surface area contributed by atoms with E-state index in [1.807, 2.05) is 6.92 Å². The van der Waals surface area contributed by atoms with Crippen molar-refractivity contribution in [3.63, 3.8) is 0 Å². The fourth-order valence-electron chi connectivity index (χ4n) is 1.57. The molecule has 96 valence electrons. The molecule has 2 rings (SSSR count). The second-order valence-electron chi connectivity index (χ2n) is 3.85. The van der Waals surface area contributed by atoms with Crippen LogP contribution in [0.2, 0.25) is 0 Å². The number of thiol groups is 1. The van der Waals surface area contributed by atoms with Crippen LogP contribution >= 0.6 is 24.0 Å². The Morgan fingerprint density at radius 3 is 2.50 bits per heavy atom. The maximum Gasteiger partial charge on any atom is 0.184 e. The molecule has 0 radical (unpaired) electrons. The maximum atomic E-state index is 12.2. The van der Waals surface area contributed by atoms with E-state index in [0.717, 1.165) is 10.6 Å². The van der Waals surface area contributed by atoms with Crippen LogP contribution in [-0.2, 0) is 21.3 Å². The Hall–Kier alpha value is -0.850. The van der Waals surface area contributed by atoms with Crippen LogP contribution in [0.5, 0.6) is 0 Å². The first kappa shape index (κ1) is 13.6. The Bertz CT molecular complexity index is 633. The van der Waals surface area contributed by atoms with Crippen molar-refractivity contribution in [1.29, 1.82) is 0 Å². The number of nitrogens with zero attached hydrogens (tertiary/aromatic N) is 1. The molecule has 1 aromatic heterocycles. The Morgan fingerprint density at radius 2 is 1.94 bits per heavy atom. The molecule has 0 amide bonds. The molecule has 0 aliphatic rings. The Kier molecular flexibility index (Phi) is 4.09. The lowest BCUT2D eigenvalue weighted by atomic mass is 10.4. The van der Waals surface area contributed by atoms with Crippen molar-refractivity contribution >= 4 is 33.8 Å². The summed E-state index contributed by atoms with van der Waals surface area (Å²) in [4.78, 5) is 5.65. The second kappa shape index (κ2) is 5.42. The van der Waals surface area contributed by atoms with Crippen LogP contribution in [0.15, 0.2) is 35.2 Å². The molecule has 0 atom stereocenters. The molecule has 0 unspecified atom stereocenters. The molecule has 3 nitrogen and oxygen atoms in total. The first-order valence-electron chi connectivity index (χ1n) is 5.37. The first-order valence-corrected chi connectivity index (χ1v) is 8.47. The second-order valence-corrected chi connectivity index (χ2v) is 7.32. The zero-order valence-electron chi connectivity index (χ0n) is 9.83. The van der Waals surface area contributed by atoms with Gasteiger partial charge in [0.1, 0.15) is 10.8 Å². The number of hydrogen-bond donors (Lipinski definition) is 1. The fourth-order valence-corrected chi connectivity index (χ4v) is 4.55. The van der Waals surface area contributed by atoms with Crippen LogP contribution < -0.4 is 0 Å². The van der Waals surface area contributed by atoms with E-state index in [9.17, 15) is 8.42 Å². The topological polar surface area (TPSA) is 47.0 Å². The standard InChI is InChI=1S/C12H13NO2S3/c1-9-11(7-16)17-12(13-9)8-18(14,15)10-5-3-2-4-6-10/h2-6,16H,7-8H2,1H3. The van der Waals surface area contributed by atoms with E-state index in [1.165, 1.54) is 11.3 Å². The number of hydrogen-bond acceptors (Lipinski definition) is 5. The van der Waals surface area contributed by atoms with Crippen LogP contribution in [-0.4, -0.2) is 13.4 Å². The molecule has 1 aromatic carbocycles. The van der Waals surface area contributed by atoms with Gasteiger partial charge in [0, 0.05) is 10.6 Å². The van der Waals surface area contributed by atoms with E-state index < -0.39 is 9.84 Å². The van der Waals surface area contributed by atoms with Crippen molar-refractivity contribution in [3.05, 3.63) is 45.9 Å². The Balaban J connectivity index is 2.28. The van der Waals surface area contributed by atoms with Crippen molar-refractivity contribution in [2.45, 2.75) is 23.3 Å². The molecule has 18 heavy (non-hydrogen) atoms. The van der Waals surface area contributed by atoms with E-state index >= 15 is 0 Å². The third kappa shape index (κ3) is 2.93. The molecule has 0 N–H and O–H groups in total. The number of sulfone groups is 1. The van der Waals surface area contributed by atoms with Crippen LogP contribution in [0, 0.1) is 6.92 Å². The lowest BCUT2D eigenvalue weighted by Gasteiger charge is -2.01. The van der Waals surface area contributed by atoms with E-state index in [0.29, 0.717) is 15.7 Å². The average Bonchev–Trinajstić information content (AvgIpc) is 2.70. The number of thiazole rings is 1. The SMILES string of the molecule is Cc1nc(CS(=O)(=O)c2ccccc2)sc1CS. The molecule has 2 aromatic rings. The van der Waals surface area contributed by atoms with Gasteiger partial charge in [0.2, 0.25) is 0 Å². The van der Waals surface area contributed by atoms with Gasteiger partial charge in [-0.2, -0.15) is 12.6 Å². The van der Waals surface area contributed by atoms with Gasteiger partial charge in [-0.25, -0.2) is 13.4 Å². The molecule has 0 aliphatic carbocycles. The van der Waals surface area contributed by atoms with Gasteiger partial charge < -0.3 is 0 Å². The van der Waals surface area contributed by atoms with Crippen molar-refractivity contribution in [2.24, 2.45) is 0 Å². The summed E-state index contributed by atoms with van der Waals surface area (Å²) in [6.07, 6.45) is 0. The number of aryl methyl sites for hydroxylation is 1. The lowest BCUT2D eigenvalue weighted by Crippen LogP contribution is -2.04. The summed E-state index contributed by atoms with van der Waals surface area (Å²) in [5, 5.41) is 0.625. The van der Waals surface area contributed by atoms with E-state index in [-0.39, 0.29) is 5.75 Å². The van der Waals surface area contributed by atoms with Crippen LogP contribution in [0.25, 0.3) is 0 Å². The molecule has 0 aliphatic heterocycles. The maximum absolute atomic E-state index is 12.2. The minimum atomic E-state index is -3.30. The van der Waals surface area contributed by atoms with Gasteiger partial charge in [-0.05, 0) is 19.1 Å². The Morgan fingerprint density at radius 1 is 1.28 bits per heavy atom. The summed E-state index contributed by atoms with van der Waals surface area (Å²) in [5.74, 6) is 0.547. The minimum Gasteiger partial charge on any atom is -0.245 e. The van der Waals surface area contributed by atoms with Crippen molar-refractivity contribution in [3.8, 4) is 0 Å². The van der Waals surface area contributed by atoms with E-state index in [4.69, 9.17) is 0 Å². The van der Waals surface area contributed by atoms with Gasteiger partial charge in [0.15, 0.2) is 9.84 Å². The fraction of sp³-hybridized carbons (Fsp3) is 0.250. The molecule has 0 fully saturated rings. The van der Waals surface area contributed by atoms with Crippen molar-refractivity contribution < 1.29 is 8.42 Å².